The zero-order valence-corrected chi connectivity index (χ0v) is 16.0. The molecule has 2 aliphatic rings. The molecule has 0 spiro atoms. The Morgan fingerprint density at radius 2 is 2.04 bits per heavy atom. The van der Waals surface area contributed by atoms with Crippen LogP contribution in [0.5, 0.6) is 0 Å². The van der Waals surface area contributed by atoms with Crippen LogP contribution in [0.3, 0.4) is 0 Å². The van der Waals surface area contributed by atoms with Crippen molar-refractivity contribution in [3.8, 4) is 0 Å². The van der Waals surface area contributed by atoms with Gasteiger partial charge in [-0.15, -0.1) is 10.2 Å². The first-order valence-electron chi connectivity index (χ1n) is 9.56. The summed E-state index contributed by atoms with van der Waals surface area (Å²) in [7, 11) is 1.78. The van der Waals surface area contributed by atoms with Crippen LogP contribution in [0.1, 0.15) is 60.2 Å². The molecule has 0 aliphatic carbocycles. The molecule has 2 aliphatic heterocycles. The van der Waals surface area contributed by atoms with Gasteiger partial charge in [0, 0.05) is 49.6 Å². The van der Waals surface area contributed by atoms with Gasteiger partial charge in [-0.1, -0.05) is 13.8 Å². The lowest BCUT2D eigenvalue weighted by Crippen LogP contribution is -2.41. The predicted molar refractivity (Wildman–Crippen MR) is 102 cm³/mol. The molecule has 1 N–H and O–H groups in total. The Morgan fingerprint density at radius 3 is 2.81 bits per heavy atom. The monoisotopic (exact) mass is 367 g/mol. The Kier molecular flexibility index (Phi) is 4.45. The van der Waals surface area contributed by atoms with Gasteiger partial charge in [0.15, 0.2) is 0 Å². The highest BCUT2D eigenvalue weighted by molar-refractivity contribution is 5.99. The van der Waals surface area contributed by atoms with E-state index in [4.69, 9.17) is 0 Å². The maximum absolute atomic E-state index is 12.8. The quantitative estimate of drug-likeness (QED) is 0.900. The van der Waals surface area contributed by atoms with Gasteiger partial charge in [0.2, 0.25) is 5.91 Å². The number of fused-ring (bicyclic) bond motifs is 2. The third kappa shape index (κ3) is 3.22. The van der Waals surface area contributed by atoms with Gasteiger partial charge in [-0.2, -0.15) is 0 Å². The topological polar surface area (TPSA) is 80.1 Å². The number of aromatic nitrogens is 3. The Hall–Kier alpha value is -2.70. The minimum absolute atomic E-state index is 0.0648. The van der Waals surface area contributed by atoms with Crippen LogP contribution >= 0.6 is 0 Å². The van der Waals surface area contributed by atoms with Crippen LogP contribution in [-0.2, 0) is 24.2 Å². The summed E-state index contributed by atoms with van der Waals surface area (Å²) >= 11 is 0. The average Bonchev–Trinajstić information content (AvgIpc) is 3.08. The molecule has 3 heterocycles. The number of hydrogen-bond donors (Lipinski definition) is 1. The van der Waals surface area contributed by atoms with Crippen molar-refractivity contribution in [2.75, 3.05) is 11.9 Å². The Labute approximate surface area is 158 Å². The zero-order valence-electron chi connectivity index (χ0n) is 16.0. The smallest absolute Gasteiger partial charge is 0.251 e. The molecule has 27 heavy (non-hydrogen) atoms. The summed E-state index contributed by atoms with van der Waals surface area (Å²) in [6.45, 7) is 4.92. The fourth-order valence-electron chi connectivity index (χ4n) is 3.96. The van der Waals surface area contributed by atoms with Gasteiger partial charge in [0.25, 0.3) is 5.91 Å². The Morgan fingerprint density at radius 1 is 1.22 bits per heavy atom. The van der Waals surface area contributed by atoms with Gasteiger partial charge in [0.1, 0.15) is 11.6 Å². The molecule has 0 saturated heterocycles. The van der Waals surface area contributed by atoms with Crippen molar-refractivity contribution in [1.82, 2.24) is 20.1 Å². The molecule has 1 atom stereocenters. The maximum atomic E-state index is 12.8. The van der Waals surface area contributed by atoms with E-state index >= 15 is 0 Å². The van der Waals surface area contributed by atoms with Crippen molar-refractivity contribution in [2.24, 2.45) is 0 Å². The molecule has 142 valence electrons. The van der Waals surface area contributed by atoms with Crippen LogP contribution < -0.4 is 10.2 Å². The second-order valence-electron chi connectivity index (χ2n) is 7.75. The van der Waals surface area contributed by atoms with E-state index in [1.54, 1.807) is 18.0 Å². The lowest BCUT2D eigenvalue weighted by Gasteiger charge is -2.27. The molecule has 2 aromatic rings. The molecule has 1 aromatic heterocycles. The predicted octanol–water partition coefficient (Wildman–Crippen LogP) is 2.06. The third-order valence-corrected chi connectivity index (χ3v) is 5.51. The van der Waals surface area contributed by atoms with Crippen molar-refractivity contribution in [2.45, 2.75) is 58.0 Å². The Balaban J connectivity index is 1.48. The third-order valence-electron chi connectivity index (χ3n) is 5.51. The minimum atomic E-state index is -0.0648. The molecule has 0 radical (unpaired) electrons. The van der Waals surface area contributed by atoms with Gasteiger partial charge >= 0.3 is 0 Å². The minimum Gasteiger partial charge on any atom is -0.347 e. The van der Waals surface area contributed by atoms with Crippen LogP contribution in [0.25, 0.3) is 0 Å². The fraction of sp³-hybridized carbons (Fsp3) is 0.500. The number of nitrogens with zero attached hydrogens (tertiary/aromatic N) is 4. The van der Waals surface area contributed by atoms with Crippen LogP contribution in [0.15, 0.2) is 18.2 Å². The van der Waals surface area contributed by atoms with E-state index in [0.29, 0.717) is 30.9 Å². The fourth-order valence-corrected chi connectivity index (χ4v) is 3.96. The number of aryl methyl sites for hydroxylation is 2. The van der Waals surface area contributed by atoms with Crippen molar-refractivity contribution in [3.63, 3.8) is 0 Å². The van der Waals surface area contributed by atoms with E-state index in [9.17, 15) is 9.59 Å². The van der Waals surface area contributed by atoms with E-state index in [1.165, 1.54) is 0 Å². The SMILES string of the molecule is CC(C)c1nnc2n1CC(NC(=O)c1ccc3c(c1)CCC(=O)N3C)CC2. The summed E-state index contributed by atoms with van der Waals surface area (Å²) in [4.78, 5) is 26.3. The molecular weight excluding hydrogens is 342 g/mol. The number of nitrogens with one attached hydrogen (secondary N) is 1. The summed E-state index contributed by atoms with van der Waals surface area (Å²) in [5, 5.41) is 11.7. The molecule has 4 rings (SSSR count). The molecule has 0 bridgehead atoms. The van der Waals surface area contributed by atoms with Gasteiger partial charge in [-0.05, 0) is 36.6 Å². The number of anilines is 1. The lowest BCUT2D eigenvalue weighted by molar-refractivity contribution is -0.118. The number of benzene rings is 1. The summed E-state index contributed by atoms with van der Waals surface area (Å²) in [6.07, 6.45) is 2.86. The van der Waals surface area contributed by atoms with E-state index in [1.807, 2.05) is 12.1 Å². The zero-order chi connectivity index (χ0) is 19.1. The number of rotatable bonds is 3. The summed E-state index contributed by atoms with van der Waals surface area (Å²) in [6, 6.07) is 5.66. The highest BCUT2D eigenvalue weighted by Crippen LogP contribution is 2.28. The van der Waals surface area contributed by atoms with E-state index in [0.717, 1.165) is 35.7 Å². The molecule has 7 nitrogen and oxygen atoms in total. The number of amides is 2. The summed E-state index contributed by atoms with van der Waals surface area (Å²) < 4.78 is 2.15. The second-order valence-corrected chi connectivity index (χ2v) is 7.75. The van der Waals surface area contributed by atoms with Crippen molar-refractivity contribution in [1.29, 1.82) is 0 Å². The molecule has 1 unspecified atom stereocenters. The van der Waals surface area contributed by atoms with Gasteiger partial charge < -0.3 is 14.8 Å². The number of carbonyl (C=O) groups is 2. The van der Waals surface area contributed by atoms with Gasteiger partial charge in [-0.3, -0.25) is 9.59 Å². The van der Waals surface area contributed by atoms with E-state index < -0.39 is 0 Å². The van der Waals surface area contributed by atoms with Crippen molar-refractivity contribution in [3.05, 3.63) is 41.0 Å². The van der Waals surface area contributed by atoms with E-state index in [-0.39, 0.29) is 17.9 Å². The molecular formula is C20H25N5O2. The van der Waals surface area contributed by atoms with Crippen LogP contribution in [-0.4, -0.2) is 39.7 Å². The first-order valence-corrected chi connectivity index (χ1v) is 9.56. The summed E-state index contributed by atoms with van der Waals surface area (Å²) in [5.74, 6) is 2.34. The van der Waals surface area contributed by atoms with E-state index in [2.05, 4.69) is 33.9 Å². The number of carbonyl (C=O) groups excluding carboxylic acids is 2. The lowest BCUT2D eigenvalue weighted by atomic mass is 9.98. The van der Waals surface area contributed by atoms with Crippen LogP contribution in [0.4, 0.5) is 5.69 Å². The highest BCUT2D eigenvalue weighted by Gasteiger charge is 2.26. The highest BCUT2D eigenvalue weighted by atomic mass is 16.2. The molecule has 0 fully saturated rings. The average molecular weight is 367 g/mol. The standard InChI is InChI=1S/C20H25N5O2/c1-12(2)19-23-22-17-8-6-15(11-25(17)19)21-20(27)14-4-7-16-13(10-14)5-9-18(26)24(16)3/h4,7,10,12,15H,5-6,8-9,11H2,1-3H3,(H,21,27). The second kappa shape index (κ2) is 6.79. The molecule has 7 heteroatoms. The summed E-state index contributed by atoms with van der Waals surface area (Å²) in [5.41, 5.74) is 2.60. The largest absolute Gasteiger partial charge is 0.347 e. The van der Waals surface area contributed by atoms with Crippen molar-refractivity contribution >= 4 is 17.5 Å². The Bertz CT molecular complexity index is 902. The van der Waals surface area contributed by atoms with Crippen molar-refractivity contribution < 1.29 is 9.59 Å². The van der Waals surface area contributed by atoms with Crippen LogP contribution in [0.2, 0.25) is 0 Å². The van der Waals surface area contributed by atoms with Gasteiger partial charge in [0.05, 0.1) is 0 Å². The number of hydrogen-bond acceptors (Lipinski definition) is 4. The molecule has 1 aromatic carbocycles. The first kappa shape index (κ1) is 17.7. The maximum Gasteiger partial charge on any atom is 0.251 e. The molecule has 2 amide bonds. The normalized spacial score (nSPS) is 19.0. The van der Waals surface area contributed by atoms with Crippen LogP contribution in [0, 0.1) is 0 Å². The van der Waals surface area contributed by atoms with Gasteiger partial charge in [-0.25, -0.2) is 0 Å². The first-order chi connectivity index (χ1) is 12.9. The molecule has 0 saturated carbocycles.